The summed E-state index contributed by atoms with van der Waals surface area (Å²) >= 11 is 0. The smallest absolute Gasteiger partial charge is 0.336 e. The topological polar surface area (TPSA) is 110 Å². The molecule has 1 aromatic heterocycles. The van der Waals surface area contributed by atoms with Gasteiger partial charge in [-0.2, -0.15) is 5.26 Å². The highest BCUT2D eigenvalue weighted by atomic mass is 16.4. The number of pyridine rings is 1. The number of carboxylic acids is 1. The van der Waals surface area contributed by atoms with Crippen molar-refractivity contribution in [3.63, 3.8) is 0 Å². The fraction of sp³-hybridized carbons (Fsp3) is 0.429. The van der Waals surface area contributed by atoms with Gasteiger partial charge in [-0.25, -0.2) is 9.78 Å². The van der Waals surface area contributed by atoms with Crippen LogP contribution < -0.4 is 10.2 Å². The number of aromatic carboxylic acids is 1. The van der Waals surface area contributed by atoms with Crippen LogP contribution in [0.4, 0.5) is 11.5 Å². The summed E-state index contributed by atoms with van der Waals surface area (Å²) in [6, 6.07) is 9.00. The monoisotopic (exact) mass is 393 g/mol. The lowest BCUT2D eigenvalue weighted by molar-refractivity contribution is -0.117. The van der Waals surface area contributed by atoms with Crippen molar-refractivity contribution in [1.82, 2.24) is 9.88 Å². The summed E-state index contributed by atoms with van der Waals surface area (Å²) in [7, 11) is 0. The number of carboxylic acid groups (broad SMARTS) is 1. The number of aromatic nitrogens is 1. The minimum Gasteiger partial charge on any atom is -0.478 e. The van der Waals surface area contributed by atoms with Gasteiger partial charge in [0.05, 0.1) is 17.1 Å². The summed E-state index contributed by atoms with van der Waals surface area (Å²) in [4.78, 5) is 32.9. The van der Waals surface area contributed by atoms with Crippen LogP contribution in [0.5, 0.6) is 0 Å². The number of amides is 1. The fourth-order valence-corrected chi connectivity index (χ4v) is 3.63. The van der Waals surface area contributed by atoms with Gasteiger partial charge >= 0.3 is 5.97 Å². The molecule has 1 aromatic carbocycles. The van der Waals surface area contributed by atoms with E-state index in [1.54, 1.807) is 24.3 Å². The molecule has 4 rings (SSSR count). The van der Waals surface area contributed by atoms with Crippen molar-refractivity contribution in [3.8, 4) is 6.07 Å². The molecule has 0 radical (unpaired) electrons. The lowest BCUT2D eigenvalue weighted by Gasteiger charge is -2.35. The quantitative estimate of drug-likeness (QED) is 0.775. The van der Waals surface area contributed by atoms with E-state index in [0.29, 0.717) is 28.8 Å². The molecule has 0 unspecified atom stereocenters. The van der Waals surface area contributed by atoms with Gasteiger partial charge in [0.25, 0.3) is 0 Å². The Morgan fingerprint density at radius 1 is 1.21 bits per heavy atom. The second kappa shape index (κ2) is 8.05. The maximum atomic E-state index is 12.0. The Labute approximate surface area is 168 Å². The second-order valence-corrected chi connectivity index (χ2v) is 7.57. The molecular weight excluding hydrogens is 370 g/mol. The molecule has 150 valence electrons. The largest absolute Gasteiger partial charge is 0.478 e. The maximum absolute atomic E-state index is 12.0. The molecule has 1 aliphatic heterocycles. The summed E-state index contributed by atoms with van der Waals surface area (Å²) in [6.07, 6.45) is 2.33. The Bertz CT molecular complexity index is 988. The normalized spacial score (nSPS) is 17.1. The Balaban J connectivity index is 1.57. The maximum Gasteiger partial charge on any atom is 0.336 e. The van der Waals surface area contributed by atoms with Gasteiger partial charge in [0.15, 0.2) is 0 Å². The van der Waals surface area contributed by atoms with Gasteiger partial charge in [0, 0.05) is 56.1 Å². The molecule has 29 heavy (non-hydrogen) atoms. The first-order valence-corrected chi connectivity index (χ1v) is 9.88. The first-order chi connectivity index (χ1) is 14.0. The number of nitrogens with zero attached hydrogens (tertiary/aromatic N) is 4. The van der Waals surface area contributed by atoms with Crippen LogP contribution >= 0.6 is 0 Å². The molecule has 2 N–H and O–H groups in total. The van der Waals surface area contributed by atoms with Crippen LogP contribution in [0, 0.1) is 17.2 Å². The summed E-state index contributed by atoms with van der Waals surface area (Å²) in [6.45, 7) is 3.86. The zero-order chi connectivity index (χ0) is 20.4. The van der Waals surface area contributed by atoms with Gasteiger partial charge in [-0.15, -0.1) is 0 Å². The van der Waals surface area contributed by atoms with Crippen LogP contribution in [0.15, 0.2) is 24.3 Å². The van der Waals surface area contributed by atoms with E-state index in [-0.39, 0.29) is 17.4 Å². The number of benzene rings is 1. The number of hydrogen-bond acceptors (Lipinski definition) is 6. The molecule has 2 heterocycles. The highest BCUT2D eigenvalue weighted by molar-refractivity contribution is 6.05. The predicted octanol–water partition coefficient (Wildman–Crippen LogP) is 2.32. The molecule has 0 atom stereocenters. The third kappa shape index (κ3) is 4.30. The highest BCUT2D eigenvalue weighted by Gasteiger charge is 2.29. The standard InChI is InChI=1S/C21H23N5O3/c22-6-1-7-25-8-10-26(11-9-25)19-13-17(21(28)29)16-12-15(4-5-18(16)24-19)23-20(27)14-2-3-14/h4-5,12-14H,1-3,7-11H2,(H,23,27)(H,28,29). The number of carbonyl (C=O) groups is 2. The summed E-state index contributed by atoms with van der Waals surface area (Å²) < 4.78 is 0. The van der Waals surface area contributed by atoms with Crippen molar-refractivity contribution in [2.24, 2.45) is 5.92 Å². The first kappa shape index (κ1) is 19.2. The number of anilines is 2. The summed E-state index contributed by atoms with van der Waals surface area (Å²) in [5.74, 6) is -0.307. The fourth-order valence-electron chi connectivity index (χ4n) is 3.63. The zero-order valence-electron chi connectivity index (χ0n) is 16.1. The molecule has 1 saturated heterocycles. The van der Waals surface area contributed by atoms with Crippen molar-refractivity contribution in [1.29, 1.82) is 5.26 Å². The molecule has 8 nitrogen and oxygen atoms in total. The van der Waals surface area contributed by atoms with Crippen LogP contribution in [0.3, 0.4) is 0 Å². The molecule has 0 bridgehead atoms. The van der Waals surface area contributed by atoms with Gasteiger partial charge < -0.3 is 15.3 Å². The van der Waals surface area contributed by atoms with E-state index in [2.05, 4.69) is 26.2 Å². The van der Waals surface area contributed by atoms with Gasteiger partial charge in [0.2, 0.25) is 5.91 Å². The van der Waals surface area contributed by atoms with Crippen molar-refractivity contribution < 1.29 is 14.7 Å². The zero-order valence-corrected chi connectivity index (χ0v) is 16.1. The Hall–Kier alpha value is -3.18. The minimum absolute atomic E-state index is 0.0138. The number of nitriles is 1. The van der Waals surface area contributed by atoms with Gasteiger partial charge in [-0.3, -0.25) is 9.69 Å². The van der Waals surface area contributed by atoms with Gasteiger partial charge in [-0.1, -0.05) is 0 Å². The third-order valence-electron chi connectivity index (χ3n) is 5.48. The average molecular weight is 393 g/mol. The van der Waals surface area contributed by atoms with E-state index in [1.165, 1.54) is 0 Å². The first-order valence-electron chi connectivity index (χ1n) is 9.88. The second-order valence-electron chi connectivity index (χ2n) is 7.57. The van der Waals surface area contributed by atoms with Crippen molar-refractivity contribution in [3.05, 3.63) is 29.8 Å². The number of piperazine rings is 1. The Morgan fingerprint density at radius 3 is 2.62 bits per heavy atom. The number of nitrogens with one attached hydrogen (secondary N) is 1. The number of hydrogen-bond donors (Lipinski definition) is 2. The van der Waals surface area contributed by atoms with Crippen LogP contribution in [-0.4, -0.2) is 59.6 Å². The lowest BCUT2D eigenvalue weighted by atomic mass is 10.1. The summed E-state index contributed by atoms with van der Waals surface area (Å²) in [5.41, 5.74) is 1.37. The molecule has 2 aliphatic rings. The lowest BCUT2D eigenvalue weighted by Crippen LogP contribution is -2.46. The third-order valence-corrected chi connectivity index (χ3v) is 5.48. The SMILES string of the molecule is N#CCCN1CCN(c2cc(C(=O)O)c3cc(NC(=O)C4CC4)ccc3n2)CC1. The van der Waals surface area contributed by atoms with E-state index in [0.717, 1.165) is 45.6 Å². The molecule has 2 fully saturated rings. The molecule has 0 spiro atoms. The molecule has 1 aliphatic carbocycles. The minimum atomic E-state index is -1.02. The molecule has 1 amide bonds. The molecule has 2 aromatic rings. The predicted molar refractivity (Wildman–Crippen MR) is 109 cm³/mol. The van der Waals surface area contributed by atoms with Crippen LogP contribution in [0.1, 0.15) is 29.6 Å². The van der Waals surface area contributed by atoms with Crippen molar-refractivity contribution in [2.75, 3.05) is 42.9 Å². The highest BCUT2D eigenvalue weighted by Crippen LogP contribution is 2.31. The van der Waals surface area contributed by atoms with E-state index >= 15 is 0 Å². The molecule has 1 saturated carbocycles. The van der Waals surface area contributed by atoms with E-state index in [1.807, 2.05) is 0 Å². The van der Waals surface area contributed by atoms with Crippen molar-refractivity contribution >= 4 is 34.3 Å². The van der Waals surface area contributed by atoms with Gasteiger partial charge in [0.1, 0.15) is 5.82 Å². The molecular formula is C21H23N5O3. The van der Waals surface area contributed by atoms with E-state index < -0.39 is 5.97 Å². The Morgan fingerprint density at radius 2 is 1.97 bits per heavy atom. The van der Waals surface area contributed by atoms with E-state index in [9.17, 15) is 14.7 Å². The average Bonchev–Trinajstić information content (AvgIpc) is 3.57. The number of carbonyl (C=O) groups excluding carboxylic acids is 1. The number of fused-ring (bicyclic) bond motifs is 1. The number of rotatable bonds is 6. The van der Waals surface area contributed by atoms with Crippen LogP contribution in [0.25, 0.3) is 10.9 Å². The van der Waals surface area contributed by atoms with Crippen LogP contribution in [0.2, 0.25) is 0 Å². The Kier molecular flexibility index (Phi) is 5.32. The van der Waals surface area contributed by atoms with Crippen LogP contribution in [-0.2, 0) is 4.79 Å². The molecule has 8 heteroatoms. The van der Waals surface area contributed by atoms with E-state index in [4.69, 9.17) is 5.26 Å². The van der Waals surface area contributed by atoms with Crippen molar-refractivity contribution in [2.45, 2.75) is 19.3 Å². The summed E-state index contributed by atoms with van der Waals surface area (Å²) in [5, 5.41) is 21.9. The van der Waals surface area contributed by atoms with Gasteiger partial charge in [-0.05, 0) is 37.1 Å².